The van der Waals surface area contributed by atoms with Gasteiger partial charge in [-0.3, -0.25) is 4.79 Å². The van der Waals surface area contributed by atoms with Crippen molar-refractivity contribution in [2.75, 3.05) is 6.61 Å². The van der Waals surface area contributed by atoms with Gasteiger partial charge in [0.15, 0.2) is 5.76 Å². The molecule has 4 nitrogen and oxygen atoms in total. The summed E-state index contributed by atoms with van der Waals surface area (Å²) in [6.07, 6.45) is -0.0274. The summed E-state index contributed by atoms with van der Waals surface area (Å²) in [4.78, 5) is 16.3. The lowest BCUT2D eigenvalue weighted by atomic mass is 10.1. The standard InChI is InChI=1S/C19H15ClFNO3/c1-2-24-17(23)11-16-18(13-4-3-5-14(20)10-13)25-19(22-16)12-6-8-15(21)9-7-12/h3-10H,2,11H2,1H3. The maximum atomic E-state index is 13.1. The maximum Gasteiger partial charge on any atom is 0.312 e. The van der Waals surface area contributed by atoms with Crippen molar-refractivity contribution in [1.82, 2.24) is 4.98 Å². The van der Waals surface area contributed by atoms with Crippen molar-refractivity contribution in [3.63, 3.8) is 0 Å². The van der Waals surface area contributed by atoms with Gasteiger partial charge in [-0.1, -0.05) is 23.7 Å². The zero-order valence-corrected chi connectivity index (χ0v) is 14.2. The number of rotatable bonds is 5. The number of hydrogen-bond donors (Lipinski definition) is 0. The highest BCUT2D eigenvalue weighted by Gasteiger charge is 2.19. The highest BCUT2D eigenvalue weighted by Crippen LogP contribution is 2.31. The summed E-state index contributed by atoms with van der Waals surface area (Å²) in [5.41, 5.74) is 1.76. The number of ether oxygens (including phenoxy) is 1. The highest BCUT2D eigenvalue weighted by atomic mass is 35.5. The van der Waals surface area contributed by atoms with Crippen molar-refractivity contribution in [3.8, 4) is 22.8 Å². The first-order valence-electron chi connectivity index (χ1n) is 7.74. The second-order valence-corrected chi connectivity index (χ2v) is 5.73. The number of oxazole rings is 1. The van der Waals surface area contributed by atoms with E-state index in [-0.39, 0.29) is 18.8 Å². The Labute approximate surface area is 149 Å². The van der Waals surface area contributed by atoms with Crippen molar-refractivity contribution < 1.29 is 18.3 Å². The Morgan fingerprint density at radius 3 is 2.64 bits per heavy atom. The minimum Gasteiger partial charge on any atom is -0.466 e. The zero-order valence-electron chi connectivity index (χ0n) is 13.5. The first kappa shape index (κ1) is 17.2. The fraction of sp³-hybridized carbons (Fsp3) is 0.158. The van der Waals surface area contributed by atoms with Gasteiger partial charge >= 0.3 is 5.97 Å². The molecule has 0 unspecified atom stereocenters. The van der Waals surface area contributed by atoms with Crippen LogP contribution in [0.4, 0.5) is 4.39 Å². The molecule has 0 radical (unpaired) electrons. The Morgan fingerprint density at radius 1 is 1.20 bits per heavy atom. The lowest BCUT2D eigenvalue weighted by molar-refractivity contribution is -0.142. The fourth-order valence-corrected chi connectivity index (χ4v) is 2.58. The predicted octanol–water partition coefficient (Wildman–Crippen LogP) is 4.91. The van der Waals surface area contributed by atoms with Crippen molar-refractivity contribution in [3.05, 3.63) is 65.1 Å². The van der Waals surface area contributed by atoms with Crippen LogP contribution in [0.5, 0.6) is 0 Å². The van der Waals surface area contributed by atoms with Crippen LogP contribution in [0.25, 0.3) is 22.8 Å². The summed E-state index contributed by atoms with van der Waals surface area (Å²) in [6.45, 7) is 2.02. The summed E-state index contributed by atoms with van der Waals surface area (Å²) in [5.74, 6) is -0.00833. The average Bonchev–Trinajstić information content (AvgIpc) is 2.99. The normalized spacial score (nSPS) is 10.7. The molecule has 0 aliphatic carbocycles. The van der Waals surface area contributed by atoms with Crippen LogP contribution in [0, 0.1) is 5.82 Å². The highest BCUT2D eigenvalue weighted by molar-refractivity contribution is 6.30. The van der Waals surface area contributed by atoms with E-state index in [1.165, 1.54) is 12.1 Å². The Bertz CT molecular complexity index is 890. The summed E-state index contributed by atoms with van der Waals surface area (Å²) < 4.78 is 24.0. The van der Waals surface area contributed by atoms with Gasteiger partial charge in [0.2, 0.25) is 5.89 Å². The molecule has 0 aliphatic rings. The van der Waals surface area contributed by atoms with Gasteiger partial charge in [0.1, 0.15) is 5.82 Å². The van der Waals surface area contributed by atoms with Gasteiger partial charge in [0.05, 0.1) is 18.7 Å². The molecule has 2 aromatic carbocycles. The van der Waals surface area contributed by atoms with E-state index < -0.39 is 5.97 Å². The summed E-state index contributed by atoms with van der Waals surface area (Å²) in [7, 11) is 0. The van der Waals surface area contributed by atoms with E-state index in [0.29, 0.717) is 33.5 Å². The number of nitrogens with zero attached hydrogens (tertiary/aromatic N) is 1. The molecule has 3 aromatic rings. The Morgan fingerprint density at radius 2 is 1.96 bits per heavy atom. The van der Waals surface area contributed by atoms with Gasteiger partial charge in [0.25, 0.3) is 0 Å². The lowest BCUT2D eigenvalue weighted by Crippen LogP contribution is -2.08. The molecule has 0 atom stereocenters. The van der Waals surface area contributed by atoms with Gasteiger partial charge in [-0.15, -0.1) is 0 Å². The van der Waals surface area contributed by atoms with Gasteiger partial charge < -0.3 is 9.15 Å². The predicted molar refractivity (Wildman–Crippen MR) is 92.7 cm³/mol. The van der Waals surface area contributed by atoms with E-state index in [1.54, 1.807) is 37.3 Å². The SMILES string of the molecule is CCOC(=O)Cc1nc(-c2ccc(F)cc2)oc1-c1cccc(Cl)c1. The summed E-state index contributed by atoms with van der Waals surface area (Å²) >= 11 is 6.05. The van der Waals surface area contributed by atoms with E-state index in [4.69, 9.17) is 20.8 Å². The van der Waals surface area contributed by atoms with Crippen molar-refractivity contribution >= 4 is 17.6 Å². The maximum absolute atomic E-state index is 13.1. The van der Waals surface area contributed by atoms with Gasteiger partial charge in [-0.25, -0.2) is 9.37 Å². The molecular weight excluding hydrogens is 345 g/mol. The van der Waals surface area contributed by atoms with Crippen LogP contribution in [-0.4, -0.2) is 17.6 Å². The number of halogens is 2. The number of hydrogen-bond acceptors (Lipinski definition) is 4. The molecule has 128 valence electrons. The molecule has 1 aromatic heterocycles. The summed E-state index contributed by atoms with van der Waals surface area (Å²) in [5, 5.41) is 0.541. The average molecular weight is 360 g/mol. The molecule has 0 saturated heterocycles. The topological polar surface area (TPSA) is 52.3 Å². The largest absolute Gasteiger partial charge is 0.466 e. The monoisotopic (exact) mass is 359 g/mol. The zero-order chi connectivity index (χ0) is 17.8. The van der Waals surface area contributed by atoms with Crippen LogP contribution in [0.3, 0.4) is 0 Å². The molecule has 0 saturated carbocycles. The molecule has 0 spiro atoms. The number of carbonyl (C=O) groups is 1. The fourth-order valence-electron chi connectivity index (χ4n) is 2.39. The molecule has 0 aliphatic heterocycles. The Kier molecular flexibility index (Phi) is 5.14. The number of benzene rings is 2. The van der Waals surface area contributed by atoms with Gasteiger partial charge in [-0.2, -0.15) is 0 Å². The van der Waals surface area contributed by atoms with E-state index in [2.05, 4.69) is 4.98 Å². The van der Waals surface area contributed by atoms with Gasteiger partial charge in [0, 0.05) is 16.1 Å². The van der Waals surface area contributed by atoms with E-state index >= 15 is 0 Å². The first-order chi connectivity index (χ1) is 12.1. The smallest absolute Gasteiger partial charge is 0.312 e. The molecule has 3 rings (SSSR count). The third-order valence-electron chi connectivity index (χ3n) is 3.49. The van der Waals surface area contributed by atoms with Crippen LogP contribution in [0.2, 0.25) is 5.02 Å². The first-order valence-corrected chi connectivity index (χ1v) is 8.12. The molecule has 0 amide bonds. The van der Waals surface area contributed by atoms with Crippen molar-refractivity contribution in [1.29, 1.82) is 0 Å². The third kappa shape index (κ3) is 4.06. The van der Waals surface area contributed by atoms with Crippen LogP contribution < -0.4 is 0 Å². The van der Waals surface area contributed by atoms with E-state index in [9.17, 15) is 9.18 Å². The third-order valence-corrected chi connectivity index (χ3v) is 3.73. The molecule has 0 N–H and O–H groups in total. The lowest BCUT2D eigenvalue weighted by Gasteiger charge is -2.02. The Hall–Kier alpha value is -2.66. The Balaban J connectivity index is 2.04. The van der Waals surface area contributed by atoms with Crippen LogP contribution >= 0.6 is 11.6 Å². The number of esters is 1. The van der Waals surface area contributed by atoms with Crippen LogP contribution in [0.15, 0.2) is 52.9 Å². The number of carbonyl (C=O) groups excluding carboxylic acids is 1. The van der Waals surface area contributed by atoms with E-state index in [1.807, 2.05) is 6.07 Å². The van der Waals surface area contributed by atoms with Crippen molar-refractivity contribution in [2.24, 2.45) is 0 Å². The molecule has 0 fully saturated rings. The van der Waals surface area contributed by atoms with Crippen LogP contribution in [0.1, 0.15) is 12.6 Å². The molecule has 6 heteroatoms. The second-order valence-electron chi connectivity index (χ2n) is 5.29. The second kappa shape index (κ2) is 7.49. The van der Waals surface area contributed by atoms with E-state index in [0.717, 1.165) is 0 Å². The number of aromatic nitrogens is 1. The molecule has 0 bridgehead atoms. The minimum absolute atomic E-state index is 0.0274. The molecule has 25 heavy (non-hydrogen) atoms. The summed E-state index contributed by atoms with van der Waals surface area (Å²) in [6, 6.07) is 12.8. The van der Waals surface area contributed by atoms with Gasteiger partial charge in [-0.05, 0) is 43.3 Å². The van der Waals surface area contributed by atoms with Crippen LogP contribution in [-0.2, 0) is 16.0 Å². The minimum atomic E-state index is -0.398. The quantitative estimate of drug-likeness (QED) is 0.607. The van der Waals surface area contributed by atoms with Crippen molar-refractivity contribution in [2.45, 2.75) is 13.3 Å². The molecular formula is C19H15ClFNO3. The molecule has 1 heterocycles.